The van der Waals surface area contributed by atoms with Crippen LogP contribution in [0.1, 0.15) is 31.7 Å². The Morgan fingerprint density at radius 3 is 2.40 bits per heavy atom. The van der Waals surface area contributed by atoms with Gasteiger partial charge >= 0.3 is 10.1 Å². The topological polar surface area (TPSA) is 139 Å². The average Bonchev–Trinajstić information content (AvgIpc) is 3.17. The lowest BCUT2D eigenvalue weighted by atomic mass is 10.1. The van der Waals surface area contributed by atoms with E-state index >= 15 is 0 Å². The van der Waals surface area contributed by atoms with Gasteiger partial charge in [0.25, 0.3) is 11.1 Å². The molecular weight excluding hydrogens is 673 g/mol. The molecule has 2 aromatic rings. The summed E-state index contributed by atoms with van der Waals surface area (Å²) in [6.07, 6.45) is 4.35. The number of methoxy groups -OCH3 is 1. The van der Waals surface area contributed by atoms with Crippen LogP contribution in [-0.4, -0.2) is 67.9 Å². The molecule has 0 unspecified atom stereocenters. The maximum atomic E-state index is 13.0. The van der Waals surface area contributed by atoms with E-state index in [1.54, 1.807) is 11.0 Å². The smallest absolute Gasteiger partial charge is 0.339 e. The maximum absolute atomic E-state index is 13.0. The average molecular weight is 700 g/mol. The van der Waals surface area contributed by atoms with Gasteiger partial charge in [-0.1, -0.05) is 0 Å². The Morgan fingerprint density at radius 1 is 1.10 bits per heavy atom. The highest BCUT2D eigenvalue weighted by atomic mass is 127. The van der Waals surface area contributed by atoms with E-state index < -0.39 is 21.3 Å². The van der Waals surface area contributed by atoms with E-state index in [1.807, 2.05) is 22.6 Å². The number of anilines is 1. The maximum Gasteiger partial charge on any atom is 0.339 e. The van der Waals surface area contributed by atoms with Crippen LogP contribution in [0, 0.1) is 3.57 Å². The normalized spacial score (nSPS) is 16.8. The van der Waals surface area contributed by atoms with Crippen molar-refractivity contribution in [3.05, 3.63) is 50.4 Å². The molecule has 11 nitrogen and oxygen atoms in total. The number of imide groups is 1. The molecule has 0 atom stereocenters. The molecular formula is C26H26IN3O8S2. The zero-order valence-electron chi connectivity index (χ0n) is 21.6. The molecule has 2 aliphatic rings. The van der Waals surface area contributed by atoms with Crippen LogP contribution in [0.4, 0.5) is 10.5 Å². The Labute approximate surface area is 249 Å². The van der Waals surface area contributed by atoms with Crippen molar-refractivity contribution in [2.24, 2.45) is 0 Å². The second-order valence-corrected chi connectivity index (χ2v) is 12.7. The fraction of sp³-hybridized carbons (Fsp3) is 0.308. The molecule has 2 heterocycles. The predicted molar refractivity (Wildman–Crippen MR) is 157 cm³/mol. The number of piperidine rings is 1. The number of benzene rings is 2. The van der Waals surface area contributed by atoms with E-state index in [0.717, 1.165) is 35.9 Å². The highest BCUT2D eigenvalue weighted by molar-refractivity contribution is 14.1. The Morgan fingerprint density at radius 2 is 1.77 bits per heavy atom. The standard InChI is InChI=1S/C26H26IN3O8S2/c1-16(31)28-18-6-8-19(9-7-18)40(35,36)38-24-20(27)12-17(13-21(24)37-2)14-22-25(33)30(26(34)39-22)15-23(32)29-10-4-3-5-11-29/h6-9,12-14H,3-5,10-11,15H2,1-2H3,(H,28,31)/b22-14-. The van der Waals surface area contributed by atoms with Gasteiger partial charge in [0.1, 0.15) is 11.4 Å². The van der Waals surface area contributed by atoms with Crippen LogP contribution in [0.25, 0.3) is 6.08 Å². The molecule has 2 aliphatic heterocycles. The monoisotopic (exact) mass is 699 g/mol. The number of carbonyl (C=O) groups excluding carboxylic acids is 4. The van der Waals surface area contributed by atoms with Crippen LogP contribution >= 0.6 is 34.4 Å². The lowest BCUT2D eigenvalue weighted by Gasteiger charge is -2.27. The molecule has 0 spiro atoms. The van der Waals surface area contributed by atoms with Gasteiger partial charge in [-0.05, 0) is 102 Å². The molecule has 4 amide bonds. The van der Waals surface area contributed by atoms with Crippen molar-refractivity contribution in [1.29, 1.82) is 0 Å². The van der Waals surface area contributed by atoms with Gasteiger partial charge in [-0.3, -0.25) is 24.1 Å². The molecule has 0 aromatic heterocycles. The highest BCUT2D eigenvalue weighted by Crippen LogP contribution is 2.38. The third kappa shape index (κ3) is 6.96. The summed E-state index contributed by atoms with van der Waals surface area (Å²) in [4.78, 5) is 51.9. The molecule has 4 rings (SSSR count). The number of hydrogen-bond acceptors (Lipinski definition) is 9. The first-order chi connectivity index (χ1) is 19.0. The summed E-state index contributed by atoms with van der Waals surface area (Å²) in [5, 5.41) is 2.03. The zero-order valence-corrected chi connectivity index (χ0v) is 25.4. The first kappa shape index (κ1) is 29.9. The van der Waals surface area contributed by atoms with Crippen LogP contribution in [0.3, 0.4) is 0 Å². The van der Waals surface area contributed by atoms with E-state index in [4.69, 9.17) is 8.92 Å². The molecule has 2 saturated heterocycles. The summed E-state index contributed by atoms with van der Waals surface area (Å²) in [5.41, 5.74) is 0.904. The molecule has 40 heavy (non-hydrogen) atoms. The van der Waals surface area contributed by atoms with Gasteiger partial charge in [-0.2, -0.15) is 8.42 Å². The number of nitrogens with zero attached hydrogens (tertiary/aromatic N) is 2. The Balaban J connectivity index is 1.52. The van der Waals surface area contributed by atoms with Crippen molar-refractivity contribution in [3.63, 3.8) is 0 Å². The molecule has 1 N–H and O–H groups in total. The van der Waals surface area contributed by atoms with Crippen LogP contribution in [0.15, 0.2) is 46.2 Å². The van der Waals surface area contributed by atoms with Crippen molar-refractivity contribution < 1.29 is 36.5 Å². The quantitative estimate of drug-likeness (QED) is 0.246. The minimum atomic E-state index is -4.25. The minimum Gasteiger partial charge on any atom is -0.493 e. The van der Waals surface area contributed by atoms with Gasteiger partial charge in [-0.25, -0.2) is 0 Å². The van der Waals surface area contributed by atoms with Gasteiger partial charge in [-0.15, -0.1) is 0 Å². The molecule has 2 aromatic carbocycles. The molecule has 2 fully saturated rings. The summed E-state index contributed by atoms with van der Waals surface area (Å²) >= 11 is 2.62. The van der Waals surface area contributed by atoms with E-state index in [0.29, 0.717) is 27.9 Å². The van der Waals surface area contributed by atoms with Gasteiger partial charge in [0, 0.05) is 25.7 Å². The lowest BCUT2D eigenvalue weighted by Crippen LogP contribution is -2.44. The third-order valence-corrected chi connectivity index (χ3v) is 9.03. The predicted octanol–water partition coefficient (Wildman–Crippen LogP) is 4.07. The largest absolute Gasteiger partial charge is 0.493 e. The molecule has 0 aliphatic carbocycles. The molecule has 0 saturated carbocycles. The number of nitrogens with one attached hydrogen (secondary N) is 1. The third-order valence-electron chi connectivity index (χ3n) is 6.08. The Kier molecular flexibility index (Phi) is 9.41. The highest BCUT2D eigenvalue weighted by Gasteiger charge is 2.37. The Hall–Kier alpha value is -3.11. The number of likely N-dealkylation sites (tertiary alicyclic amines) is 1. The lowest BCUT2D eigenvalue weighted by molar-refractivity contribution is -0.136. The number of halogens is 1. The molecule has 0 bridgehead atoms. The molecule has 0 radical (unpaired) electrons. The van der Waals surface area contributed by atoms with Crippen molar-refractivity contribution in [2.45, 2.75) is 31.1 Å². The number of rotatable bonds is 8. The van der Waals surface area contributed by atoms with Crippen LogP contribution in [0.5, 0.6) is 11.5 Å². The van der Waals surface area contributed by atoms with Crippen LogP contribution in [0.2, 0.25) is 0 Å². The number of hydrogen-bond donors (Lipinski definition) is 1. The number of thioether (sulfide) groups is 1. The zero-order chi connectivity index (χ0) is 29.0. The SMILES string of the molecule is COc1cc(/C=C2\SC(=O)N(CC(=O)N3CCCCC3)C2=O)cc(I)c1OS(=O)(=O)c1ccc(NC(C)=O)cc1. The van der Waals surface area contributed by atoms with Gasteiger partial charge in [0.05, 0.1) is 15.6 Å². The van der Waals surface area contributed by atoms with E-state index in [2.05, 4.69) is 5.32 Å². The van der Waals surface area contributed by atoms with Crippen LogP contribution < -0.4 is 14.2 Å². The van der Waals surface area contributed by atoms with Crippen molar-refractivity contribution in [3.8, 4) is 11.5 Å². The number of carbonyl (C=O) groups is 4. The number of amides is 4. The molecule has 14 heteroatoms. The minimum absolute atomic E-state index is 0.0496. The second kappa shape index (κ2) is 12.6. The molecule has 212 valence electrons. The first-order valence-electron chi connectivity index (χ1n) is 12.2. The van der Waals surface area contributed by atoms with E-state index in [9.17, 15) is 27.6 Å². The van der Waals surface area contributed by atoms with Crippen molar-refractivity contribution >= 4 is 79.2 Å². The van der Waals surface area contributed by atoms with E-state index in [1.165, 1.54) is 50.4 Å². The first-order valence-corrected chi connectivity index (χ1v) is 15.5. The number of ether oxygens (including phenoxy) is 1. The van der Waals surface area contributed by atoms with Crippen molar-refractivity contribution in [1.82, 2.24) is 9.80 Å². The van der Waals surface area contributed by atoms with E-state index in [-0.39, 0.29) is 39.7 Å². The summed E-state index contributed by atoms with van der Waals surface area (Å²) in [5.74, 6) is -1.07. The van der Waals surface area contributed by atoms with Gasteiger partial charge in [0.2, 0.25) is 11.8 Å². The second-order valence-electron chi connectivity index (χ2n) is 8.99. The van der Waals surface area contributed by atoms with Gasteiger partial charge < -0.3 is 19.1 Å². The fourth-order valence-corrected chi connectivity index (χ4v) is 6.82. The van der Waals surface area contributed by atoms with Crippen molar-refractivity contribution in [2.75, 3.05) is 32.1 Å². The van der Waals surface area contributed by atoms with Gasteiger partial charge in [0.15, 0.2) is 11.5 Å². The van der Waals surface area contributed by atoms with Crippen LogP contribution in [-0.2, 0) is 24.5 Å². The summed E-state index contributed by atoms with van der Waals surface area (Å²) in [6.45, 7) is 2.28. The summed E-state index contributed by atoms with van der Waals surface area (Å²) in [7, 11) is -2.91. The fourth-order valence-electron chi connectivity index (χ4n) is 4.14. The summed E-state index contributed by atoms with van der Waals surface area (Å²) < 4.78 is 37.0. The Bertz CT molecular complexity index is 1490. The summed E-state index contributed by atoms with van der Waals surface area (Å²) in [6, 6.07) is 8.56.